The lowest BCUT2D eigenvalue weighted by Crippen LogP contribution is -2.33. The molecule has 0 aromatic heterocycles. The quantitative estimate of drug-likeness (QED) is 0.750. The van der Waals surface area contributed by atoms with Gasteiger partial charge >= 0.3 is 0 Å². The van der Waals surface area contributed by atoms with Crippen molar-refractivity contribution in [2.45, 2.75) is 23.7 Å². The lowest BCUT2D eigenvalue weighted by molar-refractivity contribution is -0.138. The Morgan fingerprint density at radius 1 is 1.18 bits per heavy atom. The van der Waals surface area contributed by atoms with Gasteiger partial charge in [-0.25, -0.2) is 0 Å². The minimum Gasteiger partial charge on any atom is -0.282 e. The number of hydrogen-bond donors (Lipinski definition) is 0. The number of hydrogen-bond acceptors (Lipinski definition) is 3. The highest BCUT2D eigenvalue weighted by atomic mass is 32.2. The van der Waals surface area contributed by atoms with Gasteiger partial charge in [0.25, 0.3) is 0 Å². The molecule has 1 unspecified atom stereocenters. The Hall–Kier alpha value is -1.29. The zero-order chi connectivity index (χ0) is 11.8. The minimum absolute atomic E-state index is 0.00983. The molecular weight excluding hydrogens is 234 g/mol. The molecule has 4 heteroatoms. The van der Waals surface area contributed by atoms with E-state index in [1.807, 2.05) is 23.9 Å². The fraction of sp³-hybridized carbons (Fsp3) is 0.385. The number of rotatable bonds is 2. The van der Waals surface area contributed by atoms with Crippen molar-refractivity contribution in [2.24, 2.45) is 0 Å². The van der Waals surface area contributed by atoms with Crippen LogP contribution in [-0.2, 0) is 9.59 Å². The number of likely N-dealkylation sites (tertiary alicyclic amines) is 1. The number of nitrogens with zero attached hydrogens (tertiary/aromatic N) is 1. The lowest BCUT2D eigenvalue weighted by atomic mass is 10.0. The first-order valence-electron chi connectivity index (χ1n) is 5.80. The maximum atomic E-state index is 11.6. The third-order valence-electron chi connectivity index (χ3n) is 3.36. The van der Waals surface area contributed by atoms with E-state index in [2.05, 4.69) is 12.1 Å². The first-order chi connectivity index (χ1) is 8.25. The fourth-order valence-corrected chi connectivity index (χ4v) is 3.67. The SMILES string of the molecule is O=C1CCC(=O)N1CC1CSc2ccccc21. The molecule has 1 atom stereocenters. The van der Waals surface area contributed by atoms with E-state index in [1.165, 1.54) is 15.4 Å². The van der Waals surface area contributed by atoms with Crippen LogP contribution in [0.15, 0.2) is 29.2 Å². The van der Waals surface area contributed by atoms with Gasteiger partial charge in [-0.1, -0.05) is 18.2 Å². The summed E-state index contributed by atoms with van der Waals surface area (Å²) in [7, 11) is 0. The number of fused-ring (bicyclic) bond motifs is 1. The number of amides is 2. The molecule has 3 rings (SSSR count). The highest BCUT2D eigenvalue weighted by Crippen LogP contribution is 2.40. The van der Waals surface area contributed by atoms with E-state index in [0.29, 0.717) is 25.3 Å². The summed E-state index contributed by atoms with van der Waals surface area (Å²) >= 11 is 1.81. The zero-order valence-electron chi connectivity index (χ0n) is 9.39. The molecule has 0 aliphatic carbocycles. The van der Waals surface area contributed by atoms with Crippen molar-refractivity contribution < 1.29 is 9.59 Å². The first kappa shape index (κ1) is 10.8. The van der Waals surface area contributed by atoms with Crippen LogP contribution >= 0.6 is 11.8 Å². The topological polar surface area (TPSA) is 37.4 Å². The van der Waals surface area contributed by atoms with Gasteiger partial charge in [0.15, 0.2) is 0 Å². The van der Waals surface area contributed by atoms with Crippen molar-refractivity contribution in [3.63, 3.8) is 0 Å². The van der Waals surface area contributed by atoms with E-state index < -0.39 is 0 Å². The zero-order valence-corrected chi connectivity index (χ0v) is 10.2. The Morgan fingerprint density at radius 3 is 2.65 bits per heavy atom. The van der Waals surface area contributed by atoms with E-state index in [4.69, 9.17) is 0 Å². The number of imide groups is 1. The van der Waals surface area contributed by atoms with Crippen molar-refractivity contribution in [1.29, 1.82) is 0 Å². The summed E-state index contributed by atoms with van der Waals surface area (Å²) in [5.74, 6) is 1.26. The molecule has 1 aromatic rings. The summed E-state index contributed by atoms with van der Waals surface area (Å²) in [5.41, 5.74) is 1.28. The van der Waals surface area contributed by atoms with Crippen LogP contribution in [0.25, 0.3) is 0 Å². The normalized spacial score (nSPS) is 23.3. The van der Waals surface area contributed by atoms with Crippen LogP contribution in [0.1, 0.15) is 24.3 Å². The standard InChI is InChI=1S/C13H13NO2S/c15-12-5-6-13(16)14(12)7-9-8-17-11-4-2-1-3-10(9)11/h1-4,9H,5-8H2. The van der Waals surface area contributed by atoms with Crippen LogP contribution in [0, 0.1) is 0 Å². The van der Waals surface area contributed by atoms with Crippen molar-refractivity contribution in [3.8, 4) is 0 Å². The van der Waals surface area contributed by atoms with Gasteiger partial charge in [0.2, 0.25) is 11.8 Å². The number of carbonyl (C=O) groups excluding carboxylic acids is 2. The van der Waals surface area contributed by atoms with Crippen LogP contribution < -0.4 is 0 Å². The molecule has 17 heavy (non-hydrogen) atoms. The molecule has 2 aliphatic heterocycles. The van der Waals surface area contributed by atoms with Gasteiger partial charge in [0.05, 0.1) is 0 Å². The van der Waals surface area contributed by atoms with Crippen molar-refractivity contribution in [3.05, 3.63) is 29.8 Å². The number of thioether (sulfide) groups is 1. The van der Waals surface area contributed by atoms with Crippen molar-refractivity contribution in [1.82, 2.24) is 4.90 Å². The Balaban J connectivity index is 1.79. The van der Waals surface area contributed by atoms with Crippen molar-refractivity contribution in [2.75, 3.05) is 12.3 Å². The Bertz CT molecular complexity index is 470. The minimum atomic E-state index is -0.00983. The summed E-state index contributed by atoms with van der Waals surface area (Å²) < 4.78 is 0. The van der Waals surface area contributed by atoms with Crippen molar-refractivity contribution >= 4 is 23.6 Å². The van der Waals surface area contributed by atoms with Crippen LogP contribution in [0.5, 0.6) is 0 Å². The second-order valence-corrected chi connectivity index (χ2v) is 5.51. The van der Waals surface area contributed by atoms with Crippen LogP contribution in [0.3, 0.4) is 0 Å². The lowest BCUT2D eigenvalue weighted by Gasteiger charge is -2.18. The molecule has 0 bridgehead atoms. The van der Waals surface area contributed by atoms with Gasteiger partial charge in [-0.2, -0.15) is 0 Å². The van der Waals surface area contributed by atoms with Gasteiger partial charge in [-0.15, -0.1) is 11.8 Å². The van der Waals surface area contributed by atoms with E-state index in [0.717, 1.165) is 5.75 Å². The predicted octanol–water partition coefficient (Wildman–Crippen LogP) is 2.02. The molecule has 0 radical (unpaired) electrons. The van der Waals surface area contributed by atoms with Gasteiger partial charge in [0.1, 0.15) is 0 Å². The fourth-order valence-electron chi connectivity index (χ4n) is 2.43. The summed E-state index contributed by atoms with van der Waals surface area (Å²) in [6.45, 7) is 0.557. The molecule has 2 aliphatic rings. The monoisotopic (exact) mass is 247 g/mol. The highest BCUT2D eigenvalue weighted by molar-refractivity contribution is 7.99. The van der Waals surface area contributed by atoms with Gasteiger partial charge < -0.3 is 0 Å². The van der Waals surface area contributed by atoms with E-state index >= 15 is 0 Å². The third kappa shape index (κ3) is 1.86. The van der Waals surface area contributed by atoms with E-state index in [1.54, 1.807) is 0 Å². The van der Waals surface area contributed by atoms with Gasteiger partial charge in [-0.3, -0.25) is 14.5 Å². The summed E-state index contributed by atoms with van der Waals surface area (Å²) in [6.07, 6.45) is 0.778. The van der Waals surface area contributed by atoms with Crippen LogP contribution in [0.4, 0.5) is 0 Å². The summed E-state index contributed by atoms with van der Waals surface area (Å²) in [6, 6.07) is 8.25. The Morgan fingerprint density at radius 2 is 1.88 bits per heavy atom. The molecule has 3 nitrogen and oxygen atoms in total. The molecule has 1 aromatic carbocycles. The maximum absolute atomic E-state index is 11.6. The second-order valence-electron chi connectivity index (χ2n) is 4.44. The Labute approximate surface area is 104 Å². The van der Waals surface area contributed by atoms with Crippen LogP contribution in [0.2, 0.25) is 0 Å². The molecule has 0 N–H and O–H groups in total. The van der Waals surface area contributed by atoms with Gasteiger partial charge in [-0.05, 0) is 11.6 Å². The summed E-state index contributed by atoms with van der Waals surface area (Å²) in [5, 5.41) is 0. The van der Waals surface area contributed by atoms with Crippen LogP contribution in [-0.4, -0.2) is 29.0 Å². The molecular formula is C13H13NO2S. The molecule has 2 amide bonds. The molecule has 0 spiro atoms. The molecule has 2 heterocycles. The van der Waals surface area contributed by atoms with E-state index in [-0.39, 0.29) is 11.8 Å². The molecule has 88 valence electrons. The maximum Gasteiger partial charge on any atom is 0.229 e. The smallest absolute Gasteiger partial charge is 0.229 e. The molecule has 1 fully saturated rings. The average molecular weight is 247 g/mol. The number of carbonyl (C=O) groups is 2. The summed E-state index contributed by atoms with van der Waals surface area (Å²) in [4.78, 5) is 25.9. The molecule has 0 saturated carbocycles. The highest BCUT2D eigenvalue weighted by Gasteiger charge is 2.33. The average Bonchev–Trinajstić information content (AvgIpc) is 2.88. The van der Waals surface area contributed by atoms with E-state index in [9.17, 15) is 9.59 Å². The Kier molecular flexibility index (Phi) is 2.67. The number of benzene rings is 1. The molecule has 1 saturated heterocycles. The second kappa shape index (κ2) is 4.18. The van der Waals surface area contributed by atoms with Gasteiger partial charge in [0, 0.05) is 36.0 Å². The first-order valence-corrected chi connectivity index (χ1v) is 6.79. The largest absolute Gasteiger partial charge is 0.282 e. The third-order valence-corrected chi connectivity index (χ3v) is 4.61. The predicted molar refractivity (Wildman–Crippen MR) is 65.9 cm³/mol.